The van der Waals surface area contributed by atoms with Gasteiger partial charge in [0.2, 0.25) is 0 Å². The molecular weight excluding hydrogens is 282 g/mol. The van der Waals surface area contributed by atoms with Crippen molar-refractivity contribution in [3.8, 4) is 0 Å². The second kappa shape index (κ2) is 6.48. The Morgan fingerprint density at radius 2 is 1.86 bits per heavy atom. The third-order valence-corrected chi connectivity index (χ3v) is 3.46. The molecule has 120 valence electrons. The molecule has 0 N–H and O–H groups in total. The highest BCUT2D eigenvalue weighted by Gasteiger charge is 2.31. The minimum Gasteiger partial charge on any atom is -0.444 e. The van der Waals surface area contributed by atoms with Gasteiger partial charge in [0.25, 0.3) is 0 Å². The average Bonchev–Trinajstić information content (AvgIpc) is 2.45. The number of Topliss-reactive ketones (excluding diaryl/α,β-unsaturated/α-hetero) is 1. The summed E-state index contributed by atoms with van der Waals surface area (Å²) in [5.74, 6) is 0.0236. The van der Waals surface area contributed by atoms with Gasteiger partial charge in [0.15, 0.2) is 5.78 Å². The van der Waals surface area contributed by atoms with Crippen LogP contribution in [0.4, 0.5) is 4.79 Å². The normalized spacial score (nSPS) is 18.9. The van der Waals surface area contributed by atoms with Crippen LogP contribution in [0.2, 0.25) is 0 Å². The summed E-state index contributed by atoms with van der Waals surface area (Å²) in [6.45, 7) is 8.51. The van der Waals surface area contributed by atoms with Crippen molar-refractivity contribution in [3.63, 3.8) is 0 Å². The highest BCUT2D eigenvalue weighted by molar-refractivity contribution is 5.94. The number of carbonyl (C=O) groups is 2. The lowest BCUT2D eigenvalue weighted by atomic mass is 10.0. The van der Waals surface area contributed by atoms with Crippen LogP contribution in [0.1, 0.15) is 49.7 Å². The molecule has 1 aliphatic heterocycles. The molecule has 1 aliphatic rings. The van der Waals surface area contributed by atoms with Gasteiger partial charge >= 0.3 is 6.09 Å². The Morgan fingerprint density at radius 1 is 1.23 bits per heavy atom. The van der Waals surface area contributed by atoms with E-state index < -0.39 is 5.60 Å². The van der Waals surface area contributed by atoms with Gasteiger partial charge in [-0.2, -0.15) is 0 Å². The Balaban J connectivity index is 2.19. The maximum atomic E-state index is 12.4. The lowest BCUT2D eigenvalue weighted by Crippen LogP contribution is -2.45. The van der Waals surface area contributed by atoms with Crippen LogP contribution in [0.25, 0.3) is 0 Å². The third kappa shape index (κ3) is 4.07. The maximum Gasteiger partial charge on any atom is 0.410 e. The Bertz CT molecular complexity index is 545. The van der Waals surface area contributed by atoms with Gasteiger partial charge in [-0.05, 0) is 33.3 Å². The van der Waals surface area contributed by atoms with E-state index in [1.54, 1.807) is 17.0 Å². The summed E-state index contributed by atoms with van der Waals surface area (Å²) in [5, 5.41) is 0. The summed E-state index contributed by atoms with van der Waals surface area (Å²) >= 11 is 0. The highest BCUT2D eigenvalue weighted by Crippen LogP contribution is 2.26. The molecule has 1 fully saturated rings. The van der Waals surface area contributed by atoms with Gasteiger partial charge in [-0.1, -0.05) is 24.3 Å². The summed E-state index contributed by atoms with van der Waals surface area (Å²) < 4.78 is 11.0. The summed E-state index contributed by atoms with van der Waals surface area (Å²) in [6, 6.07) is 7.10. The molecule has 1 aromatic rings. The Kier molecular flexibility index (Phi) is 4.86. The van der Waals surface area contributed by atoms with Crippen LogP contribution in [0.3, 0.4) is 0 Å². The van der Waals surface area contributed by atoms with E-state index in [0.29, 0.717) is 25.3 Å². The van der Waals surface area contributed by atoms with Crippen LogP contribution in [-0.2, 0) is 9.47 Å². The van der Waals surface area contributed by atoms with Gasteiger partial charge in [-0.3, -0.25) is 9.69 Å². The van der Waals surface area contributed by atoms with Crippen LogP contribution in [0.5, 0.6) is 0 Å². The van der Waals surface area contributed by atoms with Crippen molar-refractivity contribution in [1.82, 2.24) is 4.90 Å². The molecule has 5 heteroatoms. The van der Waals surface area contributed by atoms with Crippen molar-refractivity contribution >= 4 is 11.9 Å². The molecule has 22 heavy (non-hydrogen) atoms. The maximum absolute atomic E-state index is 12.4. The molecule has 0 spiro atoms. The Labute approximate surface area is 131 Å². The number of amides is 1. The second-order valence-corrected chi connectivity index (χ2v) is 6.44. The largest absolute Gasteiger partial charge is 0.444 e. The Hall–Kier alpha value is -1.88. The lowest BCUT2D eigenvalue weighted by molar-refractivity contribution is -0.0331. The molecule has 2 rings (SSSR count). The lowest BCUT2D eigenvalue weighted by Gasteiger charge is -2.36. The minimum absolute atomic E-state index is 0.0236. The van der Waals surface area contributed by atoms with Gasteiger partial charge < -0.3 is 9.47 Å². The molecule has 1 amide bonds. The molecule has 1 saturated heterocycles. The topological polar surface area (TPSA) is 55.8 Å². The van der Waals surface area contributed by atoms with Crippen molar-refractivity contribution < 1.29 is 19.1 Å². The summed E-state index contributed by atoms with van der Waals surface area (Å²) in [6.07, 6.45) is -0.337. The standard InChI is InChI=1S/C17H23NO4/c1-12(19)13-5-7-14(8-6-13)15-11-21-10-9-18(15)16(20)22-17(2,3)4/h5-8,15H,9-11H2,1-4H3. The summed E-state index contributed by atoms with van der Waals surface area (Å²) in [7, 11) is 0. The number of morpholine rings is 1. The van der Waals surface area contributed by atoms with Crippen molar-refractivity contribution in [2.45, 2.75) is 39.3 Å². The molecule has 5 nitrogen and oxygen atoms in total. The van der Waals surface area contributed by atoms with Gasteiger partial charge in [-0.25, -0.2) is 4.79 Å². The number of carbonyl (C=O) groups excluding carboxylic acids is 2. The quantitative estimate of drug-likeness (QED) is 0.787. The van der Waals surface area contributed by atoms with Crippen molar-refractivity contribution in [2.75, 3.05) is 19.8 Å². The Morgan fingerprint density at radius 3 is 2.41 bits per heavy atom. The number of ketones is 1. The first-order valence-electron chi connectivity index (χ1n) is 7.46. The van der Waals surface area contributed by atoms with Crippen LogP contribution in [0, 0.1) is 0 Å². The van der Waals surface area contributed by atoms with Gasteiger partial charge in [0.05, 0.1) is 19.3 Å². The van der Waals surface area contributed by atoms with Crippen LogP contribution < -0.4 is 0 Å². The predicted octanol–water partition coefficient (Wildman–Crippen LogP) is 3.20. The van der Waals surface area contributed by atoms with E-state index in [1.165, 1.54) is 6.92 Å². The number of rotatable bonds is 2. The second-order valence-electron chi connectivity index (χ2n) is 6.44. The smallest absolute Gasteiger partial charge is 0.410 e. The summed E-state index contributed by atoms with van der Waals surface area (Å²) in [4.78, 5) is 25.4. The molecule has 0 aromatic heterocycles. The molecule has 1 atom stereocenters. The van der Waals surface area contributed by atoms with Crippen molar-refractivity contribution in [2.24, 2.45) is 0 Å². The zero-order valence-corrected chi connectivity index (χ0v) is 13.6. The third-order valence-electron chi connectivity index (χ3n) is 3.46. The zero-order valence-electron chi connectivity index (χ0n) is 13.6. The van der Waals surface area contributed by atoms with E-state index in [-0.39, 0.29) is 17.9 Å². The minimum atomic E-state index is -0.529. The predicted molar refractivity (Wildman–Crippen MR) is 82.9 cm³/mol. The van der Waals surface area contributed by atoms with Gasteiger partial charge in [0, 0.05) is 12.1 Å². The first-order chi connectivity index (χ1) is 10.3. The number of hydrogen-bond acceptors (Lipinski definition) is 4. The average molecular weight is 305 g/mol. The number of benzene rings is 1. The molecule has 1 aromatic carbocycles. The van der Waals surface area contributed by atoms with Gasteiger partial charge in [0.1, 0.15) is 5.60 Å². The number of nitrogens with zero attached hydrogens (tertiary/aromatic N) is 1. The van der Waals surface area contributed by atoms with E-state index in [1.807, 2.05) is 32.9 Å². The summed E-state index contributed by atoms with van der Waals surface area (Å²) in [5.41, 5.74) is 1.07. The molecule has 0 saturated carbocycles. The number of ether oxygens (including phenoxy) is 2. The molecule has 0 radical (unpaired) electrons. The van der Waals surface area contributed by atoms with Crippen LogP contribution in [0.15, 0.2) is 24.3 Å². The van der Waals surface area contributed by atoms with E-state index in [9.17, 15) is 9.59 Å². The SMILES string of the molecule is CC(=O)c1ccc(C2COCCN2C(=O)OC(C)(C)C)cc1. The van der Waals surface area contributed by atoms with Crippen LogP contribution in [-0.4, -0.2) is 42.1 Å². The molecule has 0 bridgehead atoms. The first kappa shape index (κ1) is 16.5. The fraction of sp³-hybridized carbons (Fsp3) is 0.529. The van der Waals surface area contributed by atoms with Gasteiger partial charge in [-0.15, -0.1) is 0 Å². The molecular formula is C17H23NO4. The monoisotopic (exact) mass is 305 g/mol. The first-order valence-corrected chi connectivity index (χ1v) is 7.46. The van der Waals surface area contributed by atoms with E-state index >= 15 is 0 Å². The molecule has 0 aliphatic carbocycles. The fourth-order valence-electron chi connectivity index (χ4n) is 2.36. The van der Waals surface area contributed by atoms with E-state index in [0.717, 1.165) is 5.56 Å². The zero-order chi connectivity index (χ0) is 16.3. The molecule has 1 heterocycles. The van der Waals surface area contributed by atoms with Crippen LogP contribution >= 0.6 is 0 Å². The highest BCUT2D eigenvalue weighted by atomic mass is 16.6. The van der Waals surface area contributed by atoms with Crippen molar-refractivity contribution in [1.29, 1.82) is 0 Å². The number of hydrogen-bond donors (Lipinski definition) is 0. The molecule has 1 unspecified atom stereocenters. The fourth-order valence-corrected chi connectivity index (χ4v) is 2.36. The van der Waals surface area contributed by atoms with E-state index in [4.69, 9.17) is 9.47 Å². The van der Waals surface area contributed by atoms with E-state index in [2.05, 4.69) is 0 Å². The van der Waals surface area contributed by atoms with Crippen molar-refractivity contribution in [3.05, 3.63) is 35.4 Å².